The fourth-order valence-electron chi connectivity index (χ4n) is 3.18. The lowest BCUT2D eigenvalue weighted by Gasteiger charge is -2.19. The van der Waals surface area contributed by atoms with Crippen molar-refractivity contribution >= 4 is 33.6 Å². The van der Waals surface area contributed by atoms with Crippen LogP contribution in [-0.2, 0) is 22.6 Å². The summed E-state index contributed by atoms with van der Waals surface area (Å²) < 4.78 is 45.4. The molecule has 0 spiro atoms. The van der Waals surface area contributed by atoms with E-state index in [1.807, 2.05) is 5.43 Å². The van der Waals surface area contributed by atoms with Gasteiger partial charge in [0.25, 0.3) is 11.5 Å². The summed E-state index contributed by atoms with van der Waals surface area (Å²) in [5.74, 6) is -0.776. The van der Waals surface area contributed by atoms with E-state index in [1.54, 1.807) is 20.8 Å². The number of carbonyl (C=O) groups excluding carboxylic acids is 1. The summed E-state index contributed by atoms with van der Waals surface area (Å²) in [6.07, 6.45) is -5.25. The van der Waals surface area contributed by atoms with E-state index in [2.05, 4.69) is 0 Å². The molecular weight excluding hydrogens is 481 g/mol. The smallest absolute Gasteiger partial charge is 0.423 e. The van der Waals surface area contributed by atoms with Crippen molar-refractivity contribution < 1.29 is 32.6 Å². The first-order valence-electron chi connectivity index (χ1n) is 10.2. The highest BCUT2D eigenvalue weighted by Crippen LogP contribution is 2.30. The van der Waals surface area contributed by atoms with Crippen LogP contribution in [0.2, 0.25) is 0 Å². The van der Waals surface area contributed by atoms with E-state index in [-0.39, 0.29) is 23.4 Å². The summed E-state index contributed by atoms with van der Waals surface area (Å²) in [5, 5.41) is 9.89. The number of carboxylic acid groups (broad SMARTS) is 1. The second-order valence-electron chi connectivity index (χ2n) is 7.50. The van der Waals surface area contributed by atoms with E-state index in [4.69, 9.17) is 9.84 Å². The minimum Gasteiger partial charge on any atom is -0.501 e. The molecule has 34 heavy (non-hydrogen) atoms. The molecule has 10 nitrogen and oxygen atoms in total. The fourth-order valence-corrected chi connectivity index (χ4v) is 4.48. The molecule has 0 fully saturated rings. The maximum absolute atomic E-state index is 13.1. The lowest BCUT2D eigenvalue weighted by Crippen LogP contribution is -2.44. The lowest BCUT2D eigenvalue weighted by molar-refractivity contribution is -0.136. The molecule has 0 atom stereocenters. The Morgan fingerprint density at radius 3 is 2.47 bits per heavy atom. The summed E-state index contributed by atoms with van der Waals surface area (Å²) >= 11 is 0.851. The van der Waals surface area contributed by atoms with Gasteiger partial charge in [-0.1, -0.05) is 0 Å². The van der Waals surface area contributed by atoms with Crippen LogP contribution in [-0.4, -0.2) is 44.0 Å². The standard InChI is InChI=1S/C20H25F3N4O6S/c1-5-33-9-6-14(28)26(24-18(30)31)10-13-12(4)15-16(29)27(11(2)3)19(32)25(17(15)34-13)8-7-20(21,22)23/h6,9,11,24H,5,7-8,10H2,1-4H3,(H,30,31)/b9-6+. The summed E-state index contributed by atoms with van der Waals surface area (Å²) in [4.78, 5) is 49.9. The molecule has 2 aromatic heterocycles. The van der Waals surface area contributed by atoms with Gasteiger partial charge in [0.05, 0.1) is 31.2 Å². The number of aromatic nitrogens is 2. The molecule has 0 aliphatic rings. The van der Waals surface area contributed by atoms with E-state index < -0.39 is 48.4 Å². The average Bonchev–Trinajstić information content (AvgIpc) is 3.02. The largest absolute Gasteiger partial charge is 0.501 e. The number of carbonyl (C=O) groups is 2. The number of hydrazine groups is 1. The maximum Gasteiger partial charge on any atom is 0.423 e. The first-order chi connectivity index (χ1) is 15.8. The van der Waals surface area contributed by atoms with Crippen molar-refractivity contribution in [3.8, 4) is 0 Å². The number of nitrogens with zero attached hydrogens (tertiary/aromatic N) is 3. The Bertz CT molecular complexity index is 1210. The molecule has 2 N–H and O–H groups in total. The number of halogens is 3. The van der Waals surface area contributed by atoms with Crippen molar-refractivity contribution in [2.24, 2.45) is 0 Å². The maximum atomic E-state index is 13.1. The molecule has 0 aliphatic heterocycles. The quantitative estimate of drug-likeness (QED) is 0.322. The van der Waals surface area contributed by atoms with Gasteiger partial charge in [0, 0.05) is 23.5 Å². The number of fused-ring (bicyclic) bond motifs is 1. The van der Waals surface area contributed by atoms with Gasteiger partial charge in [-0.3, -0.25) is 18.7 Å². The van der Waals surface area contributed by atoms with Gasteiger partial charge < -0.3 is 9.84 Å². The number of thiophene rings is 1. The molecule has 2 rings (SSSR count). The number of alkyl halides is 3. The van der Waals surface area contributed by atoms with Crippen molar-refractivity contribution in [2.45, 2.75) is 59.4 Å². The van der Waals surface area contributed by atoms with Crippen LogP contribution in [0.15, 0.2) is 21.9 Å². The molecule has 0 aromatic carbocycles. The van der Waals surface area contributed by atoms with Crippen molar-refractivity contribution in [3.63, 3.8) is 0 Å². The molecule has 188 valence electrons. The van der Waals surface area contributed by atoms with Crippen LogP contribution in [0.3, 0.4) is 0 Å². The number of ether oxygens (including phenoxy) is 1. The van der Waals surface area contributed by atoms with Crippen LogP contribution in [0, 0.1) is 6.92 Å². The number of aryl methyl sites for hydroxylation is 2. The normalized spacial score (nSPS) is 12.0. The highest BCUT2D eigenvalue weighted by atomic mass is 32.1. The molecule has 0 bridgehead atoms. The van der Waals surface area contributed by atoms with Crippen molar-refractivity contribution in [2.75, 3.05) is 6.61 Å². The first-order valence-corrected chi connectivity index (χ1v) is 11.0. The zero-order chi connectivity index (χ0) is 25.8. The van der Waals surface area contributed by atoms with Crippen molar-refractivity contribution in [1.29, 1.82) is 0 Å². The monoisotopic (exact) mass is 506 g/mol. The molecule has 2 aromatic rings. The van der Waals surface area contributed by atoms with Gasteiger partial charge in [0.2, 0.25) is 0 Å². The first kappa shape index (κ1) is 27.0. The Hall–Kier alpha value is -3.29. The van der Waals surface area contributed by atoms with E-state index in [0.717, 1.165) is 37.8 Å². The van der Waals surface area contributed by atoms with Crippen LogP contribution in [0.25, 0.3) is 10.2 Å². The Morgan fingerprint density at radius 2 is 1.94 bits per heavy atom. The number of rotatable bonds is 8. The second kappa shape index (κ2) is 10.8. The molecule has 2 amide bonds. The van der Waals surface area contributed by atoms with E-state index >= 15 is 0 Å². The summed E-state index contributed by atoms with van der Waals surface area (Å²) in [7, 11) is 0. The molecule has 0 aliphatic carbocycles. The summed E-state index contributed by atoms with van der Waals surface area (Å²) in [5.41, 5.74) is 0.732. The van der Waals surface area contributed by atoms with Crippen molar-refractivity contribution in [3.05, 3.63) is 43.6 Å². The van der Waals surface area contributed by atoms with Gasteiger partial charge in [-0.05, 0) is 33.3 Å². The average molecular weight is 507 g/mol. The molecule has 0 saturated carbocycles. The Labute approximate surface area is 195 Å². The van der Waals surface area contributed by atoms with Gasteiger partial charge in [-0.15, -0.1) is 11.3 Å². The predicted octanol–water partition coefficient (Wildman–Crippen LogP) is 3.13. The van der Waals surface area contributed by atoms with Gasteiger partial charge in [0.15, 0.2) is 0 Å². The Balaban J connectivity index is 2.66. The third kappa shape index (κ3) is 6.18. The molecule has 0 saturated heterocycles. The highest BCUT2D eigenvalue weighted by Gasteiger charge is 2.29. The second-order valence-corrected chi connectivity index (χ2v) is 8.58. The summed E-state index contributed by atoms with van der Waals surface area (Å²) in [6, 6.07) is -0.611. The van der Waals surface area contributed by atoms with Crippen LogP contribution in [0.4, 0.5) is 18.0 Å². The van der Waals surface area contributed by atoms with Gasteiger partial charge in [-0.2, -0.15) is 13.2 Å². The van der Waals surface area contributed by atoms with Gasteiger partial charge >= 0.3 is 18.0 Å². The minimum atomic E-state index is -4.53. The number of amides is 2. The van der Waals surface area contributed by atoms with E-state index in [0.29, 0.717) is 10.4 Å². The van der Waals surface area contributed by atoms with Crippen LogP contribution in [0.5, 0.6) is 0 Å². The van der Waals surface area contributed by atoms with E-state index in [1.165, 1.54) is 6.92 Å². The number of hydrogen-bond acceptors (Lipinski definition) is 6. The zero-order valence-electron chi connectivity index (χ0n) is 18.9. The molecular formula is C20H25F3N4O6S. The third-order valence-corrected chi connectivity index (χ3v) is 6.05. The topological polar surface area (TPSA) is 123 Å². The minimum absolute atomic E-state index is 0.0243. The van der Waals surface area contributed by atoms with Crippen LogP contribution >= 0.6 is 11.3 Å². The fraction of sp³-hybridized carbons (Fsp3) is 0.500. The van der Waals surface area contributed by atoms with E-state index in [9.17, 15) is 32.3 Å². The Kier molecular flexibility index (Phi) is 8.53. The van der Waals surface area contributed by atoms with Gasteiger partial charge in [0.1, 0.15) is 4.83 Å². The number of hydrogen-bond donors (Lipinski definition) is 2. The Morgan fingerprint density at radius 1 is 1.29 bits per heavy atom. The number of nitrogens with one attached hydrogen (secondary N) is 1. The van der Waals surface area contributed by atoms with Crippen LogP contribution in [0.1, 0.15) is 43.7 Å². The predicted molar refractivity (Wildman–Crippen MR) is 119 cm³/mol. The van der Waals surface area contributed by atoms with Crippen LogP contribution < -0.4 is 16.7 Å². The molecule has 2 heterocycles. The molecule has 0 unspecified atom stereocenters. The molecule has 0 radical (unpaired) electrons. The highest BCUT2D eigenvalue weighted by molar-refractivity contribution is 7.18. The van der Waals surface area contributed by atoms with Gasteiger partial charge in [-0.25, -0.2) is 20.0 Å². The van der Waals surface area contributed by atoms with Crippen molar-refractivity contribution in [1.82, 2.24) is 19.6 Å². The SMILES string of the molecule is CCO/C=C/C(=O)N(Cc1sc2c(c1C)c(=O)n(C(C)C)c(=O)n2CCC(F)(F)F)NC(=O)O. The molecule has 14 heteroatoms. The zero-order valence-corrected chi connectivity index (χ0v) is 19.7. The summed E-state index contributed by atoms with van der Waals surface area (Å²) in [6.45, 7) is 5.59. The third-order valence-electron chi connectivity index (χ3n) is 4.75. The lowest BCUT2D eigenvalue weighted by atomic mass is 10.2.